The van der Waals surface area contributed by atoms with Crippen molar-refractivity contribution in [1.82, 2.24) is 0 Å². The van der Waals surface area contributed by atoms with Crippen LogP contribution in [0.4, 0.5) is 17.1 Å². The number of thiocarbonyl (C=S) groups is 1. The fourth-order valence-electron chi connectivity index (χ4n) is 4.03. The molecule has 0 aromatic heterocycles. The quantitative estimate of drug-likeness (QED) is 0.384. The minimum Gasteiger partial charge on any atom is -0.303 e. The minimum atomic E-state index is -3.53. The van der Waals surface area contributed by atoms with Crippen molar-refractivity contribution in [2.45, 2.75) is 38.3 Å². The molecule has 0 bridgehead atoms. The maximum absolute atomic E-state index is 13.5. The van der Waals surface area contributed by atoms with E-state index in [4.69, 9.17) is 23.0 Å². The summed E-state index contributed by atoms with van der Waals surface area (Å²) in [5.41, 5.74) is 2.78. The predicted molar refractivity (Wildman–Crippen MR) is 123 cm³/mol. The van der Waals surface area contributed by atoms with Crippen LogP contribution in [-0.4, -0.2) is 31.2 Å². The predicted octanol–water partition coefficient (Wildman–Crippen LogP) is 4.08. The Kier molecular flexibility index (Phi) is 5.33. The Morgan fingerprint density at radius 2 is 1.81 bits per heavy atom. The molecule has 1 spiro atoms. The second-order valence-corrected chi connectivity index (χ2v) is 9.87. The number of nitrogens with zero attached hydrogens (tertiary/aromatic N) is 3. The zero-order valence-electron chi connectivity index (χ0n) is 17.2. The van der Waals surface area contributed by atoms with E-state index >= 15 is 0 Å². The molecule has 2 aromatic rings. The van der Waals surface area contributed by atoms with Crippen LogP contribution in [0, 0.1) is 13.5 Å². The van der Waals surface area contributed by atoms with Crippen LogP contribution in [0.2, 0.25) is 0 Å². The van der Waals surface area contributed by atoms with E-state index in [0.717, 1.165) is 23.9 Å². The molecule has 7 nitrogen and oxygen atoms in total. The summed E-state index contributed by atoms with van der Waals surface area (Å²) in [6.45, 7) is 9.03. The van der Waals surface area contributed by atoms with Crippen LogP contribution in [0.5, 0.6) is 0 Å². The normalized spacial score (nSPS) is 17.7. The molecule has 2 aliphatic rings. The lowest BCUT2D eigenvalue weighted by atomic mass is 9.75. The van der Waals surface area contributed by atoms with Gasteiger partial charge in [0.2, 0.25) is 0 Å². The van der Waals surface area contributed by atoms with Crippen molar-refractivity contribution >= 4 is 50.4 Å². The first-order valence-electron chi connectivity index (χ1n) is 9.76. The Bertz CT molecular complexity index is 1210. The van der Waals surface area contributed by atoms with Crippen molar-refractivity contribution < 1.29 is 17.4 Å². The number of carbonyl (C=O) groups is 1. The summed E-state index contributed by atoms with van der Waals surface area (Å²) in [6, 6.07) is 12.5. The molecule has 2 aromatic carbocycles. The van der Waals surface area contributed by atoms with Gasteiger partial charge in [0.1, 0.15) is 5.54 Å². The molecule has 9 heteroatoms. The molecule has 1 heterocycles. The summed E-state index contributed by atoms with van der Waals surface area (Å²) in [5, 5.41) is 0.403. The number of amides is 1. The lowest BCUT2D eigenvalue weighted by molar-refractivity contribution is -0.123. The van der Waals surface area contributed by atoms with Gasteiger partial charge in [-0.1, -0.05) is 18.2 Å². The van der Waals surface area contributed by atoms with E-state index in [0.29, 0.717) is 34.9 Å². The number of benzene rings is 2. The molecule has 160 valence electrons. The second kappa shape index (κ2) is 7.71. The highest BCUT2D eigenvalue weighted by molar-refractivity contribution is 7.85. The third kappa shape index (κ3) is 3.71. The van der Waals surface area contributed by atoms with E-state index < -0.39 is 15.7 Å². The fourth-order valence-corrected chi connectivity index (χ4v) is 4.85. The molecule has 1 saturated heterocycles. The standard InChI is InChI=1S/C22H21N3O4S2/c1-15-13-18(9-10-19(15)23-2)24-20(26)22(11-4-12-22)25(21(24)30)17-7-5-16(6-8-17)14-29-31(3,27)28/h5-10,13H,4,11-12,14H2,1,3H3. The molecule has 0 N–H and O–H groups in total. The number of rotatable bonds is 5. The van der Waals surface area contributed by atoms with Gasteiger partial charge in [0.25, 0.3) is 16.0 Å². The number of hydrogen-bond acceptors (Lipinski definition) is 5. The molecule has 4 rings (SSSR count). The van der Waals surface area contributed by atoms with Gasteiger partial charge in [-0.2, -0.15) is 8.42 Å². The summed E-state index contributed by atoms with van der Waals surface area (Å²) in [4.78, 5) is 20.5. The third-order valence-electron chi connectivity index (χ3n) is 5.79. The van der Waals surface area contributed by atoms with Crippen LogP contribution in [-0.2, 0) is 25.7 Å². The van der Waals surface area contributed by atoms with E-state index in [9.17, 15) is 13.2 Å². The van der Waals surface area contributed by atoms with Gasteiger partial charge in [0, 0.05) is 11.4 Å². The second-order valence-electron chi connectivity index (χ2n) is 7.86. The van der Waals surface area contributed by atoms with E-state index in [1.165, 1.54) is 0 Å². The lowest BCUT2D eigenvalue weighted by Crippen LogP contribution is -2.55. The van der Waals surface area contributed by atoms with Gasteiger partial charge in [0.15, 0.2) is 10.8 Å². The fraction of sp³-hybridized carbons (Fsp3) is 0.318. The molecule has 1 aliphatic carbocycles. The van der Waals surface area contributed by atoms with Gasteiger partial charge in [-0.05, 0) is 73.8 Å². The van der Waals surface area contributed by atoms with Gasteiger partial charge < -0.3 is 4.90 Å². The monoisotopic (exact) mass is 455 g/mol. The Balaban J connectivity index is 1.67. The summed E-state index contributed by atoms with van der Waals surface area (Å²) < 4.78 is 27.3. The molecular formula is C22H21N3O4S2. The Labute approximate surface area is 187 Å². The number of hydrogen-bond donors (Lipinski definition) is 0. The van der Waals surface area contributed by atoms with Gasteiger partial charge in [-0.25, -0.2) is 4.85 Å². The lowest BCUT2D eigenvalue weighted by Gasteiger charge is -2.43. The summed E-state index contributed by atoms with van der Waals surface area (Å²) in [7, 11) is -3.53. The van der Waals surface area contributed by atoms with E-state index in [1.807, 2.05) is 30.0 Å². The molecule has 1 aliphatic heterocycles. The molecular weight excluding hydrogens is 434 g/mol. The zero-order valence-corrected chi connectivity index (χ0v) is 18.8. The highest BCUT2D eigenvalue weighted by Gasteiger charge is 2.59. The Hall–Kier alpha value is -2.80. The average Bonchev–Trinajstić information content (AvgIpc) is 2.93. The average molecular weight is 456 g/mol. The first-order valence-corrected chi connectivity index (χ1v) is 12.0. The van der Waals surface area contributed by atoms with Crippen molar-refractivity contribution in [2.24, 2.45) is 0 Å². The Morgan fingerprint density at radius 3 is 2.32 bits per heavy atom. The zero-order chi connectivity index (χ0) is 22.4. The molecule has 0 unspecified atom stereocenters. The highest BCUT2D eigenvalue weighted by atomic mass is 32.2. The molecule has 1 saturated carbocycles. The number of aryl methyl sites for hydroxylation is 1. The topological polar surface area (TPSA) is 71.3 Å². The van der Waals surface area contributed by atoms with Crippen molar-refractivity contribution in [1.29, 1.82) is 0 Å². The SMILES string of the molecule is [C-]#[N+]c1ccc(N2C(=O)C3(CCC3)N(c3ccc(COS(C)(=O)=O)cc3)C2=S)cc1C. The molecule has 1 amide bonds. The van der Waals surface area contributed by atoms with Crippen LogP contribution < -0.4 is 9.80 Å². The van der Waals surface area contributed by atoms with Crippen molar-refractivity contribution in [3.8, 4) is 0 Å². The summed E-state index contributed by atoms with van der Waals surface area (Å²) in [5.74, 6) is -0.0526. The van der Waals surface area contributed by atoms with Gasteiger partial charge in [-0.3, -0.25) is 13.9 Å². The van der Waals surface area contributed by atoms with Crippen molar-refractivity contribution in [3.05, 3.63) is 65.0 Å². The van der Waals surface area contributed by atoms with E-state index in [-0.39, 0.29) is 12.5 Å². The molecule has 31 heavy (non-hydrogen) atoms. The first kappa shape index (κ1) is 21.4. The van der Waals surface area contributed by atoms with Gasteiger partial charge >= 0.3 is 0 Å². The first-order chi connectivity index (χ1) is 14.7. The van der Waals surface area contributed by atoms with Crippen LogP contribution in [0.25, 0.3) is 4.85 Å². The van der Waals surface area contributed by atoms with Gasteiger partial charge in [-0.15, -0.1) is 0 Å². The van der Waals surface area contributed by atoms with E-state index in [2.05, 4.69) is 4.85 Å². The highest BCUT2D eigenvalue weighted by Crippen LogP contribution is 2.48. The van der Waals surface area contributed by atoms with Crippen LogP contribution in [0.1, 0.15) is 30.4 Å². The smallest absolute Gasteiger partial charge is 0.264 e. The third-order valence-corrected chi connectivity index (χ3v) is 6.70. The van der Waals surface area contributed by atoms with Crippen LogP contribution in [0.15, 0.2) is 42.5 Å². The molecule has 0 radical (unpaired) electrons. The Morgan fingerprint density at radius 1 is 1.16 bits per heavy atom. The van der Waals surface area contributed by atoms with Crippen molar-refractivity contribution in [2.75, 3.05) is 16.1 Å². The number of anilines is 2. The summed E-state index contributed by atoms with van der Waals surface area (Å²) >= 11 is 5.76. The molecule has 0 atom stereocenters. The van der Waals surface area contributed by atoms with Gasteiger partial charge in [0.05, 0.1) is 19.4 Å². The van der Waals surface area contributed by atoms with E-state index in [1.54, 1.807) is 29.2 Å². The van der Waals surface area contributed by atoms with Crippen LogP contribution >= 0.6 is 12.2 Å². The maximum atomic E-state index is 13.5. The maximum Gasteiger partial charge on any atom is 0.264 e. The van der Waals surface area contributed by atoms with Crippen molar-refractivity contribution in [3.63, 3.8) is 0 Å². The van der Waals surface area contributed by atoms with Crippen LogP contribution in [0.3, 0.4) is 0 Å². The number of carbonyl (C=O) groups excluding carboxylic acids is 1. The molecule has 2 fully saturated rings. The minimum absolute atomic E-state index is 0.0492. The summed E-state index contributed by atoms with van der Waals surface area (Å²) in [6.07, 6.45) is 3.37. The largest absolute Gasteiger partial charge is 0.303 e.